The Labute approximate surface area is 154 Å². The van der Waals surface area contributed by atoms with E-state index in [-0.39, 0.29) is 23.7 Å². The minimum Gasteiger partial charge on any atom is -0.393 e. The van der Waals surface area contributed by atoms with E-state index in [1.165, 1.54) is 5.56 Å². The van der Waals surface area contributed by atoms with Crippen LogP contribution in [0.25, 0.3) is 10.9 Å². The van der Waals surface area contributed by atoms with Crippen molar-refractivity contribution in [3.63, 3.8) is 0 Å². The number of carbonyl (C=O) groups excluding carboxylic acids is 1. The van der Waals surface area contributed by atoms with Crippen molar-refractivity contribution in [2.45, 2.75) is 64.2 Å². The first-order chi connectivity index (χ1) is 12.4. The molecule has 1 aliphatic carbocycles. The molecule has 5 nitrogen and oxygen atoms in total. The highest BCUT2D eigenvalue weighted by atomic mass is 16.5. The Hall–Kier alpha value is -1.85. The number of aromatic amines is 1. The third-order valence-electron chi connectivity index (χ3n) is 6.66. The summed E-state index contributed by atoms with van der Waals surface area (Å²) >= 11 is 0. The molecule has 1 aliphatic heterocycles. The van der Waals surface area contributed by atoms with Crippen LogP contribution in [0.4, 0.5) is 0 Å². The van der Waals surface area contributed by atoms with Crippen molar-refractivity contribution in [3.05, 3.63) is 34.5 Å². The summed E-state index contributed by atoms with van der Waals surface area (Å²) in [5.74, 6) is 0.0236. The normalized spacial score (nSPS) is 28.6. The summed E-state index contributed by atoms with van der Waals surface area (Å²) in [7, 11) is 1.74. The van der Waals surface area contributed by atoms with Crippen LogP contribution in [0, 0.1) is 20.8 Å². The lowest BCUT2D eigenvalue weighted by Gasteiger charge is -2.42. The first kappa shape index (κ1) is 17.6. The maximum Gasteiger partial charge on any atom is 0.270 e. The lowest BCUT2D eigenvalue weighted by molar-refractivity contribution is -0.0824. The second-order valence-corrected chi connectivity index (χ2v) is 8.04. The molecule has 3 atom stereocenters. The van der Waals surface area contributed by atoms with Gasteiger partial charge in [0.1, 0.15) is 5.69 Å². The number of amides is 1. The highest BCUT2D eigenvalue weighted by molar-refractivity contribution is 6.02. The second-order valence-electron chi connectivity index (χ2n) is 8.04. The average molecular weight is 356 g/mol. The summed E-state index contributed by atoms with van der Waals surface area (Å²) in [6.45, 7) is 6.85. The molecule has 2 aliphatic rings. The van der Waals surface area contributed by atoms with Crippen LogP contribution < -0.4 is 0 Å². The molecule has 1 amide bonds. The molecule has 1 saturated heterocycles. The third-order valence-corrected chi connectivity index (χ3v) is 6.66. The lowest BCUT2D eigenvalue weighted by Crippen LogP contribution is -2.52. The molecule has 2 heterocycles. The van der Waals surface area contributed by atoms with Gasteiger partial charge in [-0.25, -0.2) is 0 Å². The summed E-state index contributed by atoms with van der Waals surface area (Å²) < 4.78 is 5.88. The zero-order valence-corrected chi connectivity index (χ0v) is 16.1. The quantitative estimate of drug-likeness (QED) is 0.868. The number of likely N-dealkylation sites (tertiary alicyclic amines) is 1. The van der Waals surface area contributed by atoms with Gasteiger partial charge >= 0.3 is 0 Å². The number of aliphatic hydroxyl groups excluding tert-OH is 1. The minimum absolute atomic E-state index is 0.0236. The summed E-state index contributed by atoms with van der Waals surface area (Å²) in [5, 5.41) is 11.3. The highest BCUT2D eigenvalue weighted by Gasteiger charge is 2.52. The fraction of sp³-hybridized carbons (Fsp3) is 0.571. The van der Waals surface area contributed by atoms with Crippen molar-refractivity contribution in [2.24, 2.45) is 0 Å². The number of methoxy groups -OCH3 is 1. The van der Waals surface area contributed by atoms with Gasteiger partial charge in [-0.2, -0.15) is 0 Å². The van der Waals surface area contributed by atoms with Gasteiger partial charge in [0.25, 0.3) is 5.91 Å². The van der Waals surface area contributed by atoms with Gasteiger partial charge in [-0.15, -0.1) is 0 Å². The van der Waals surface area contributed by atoms with Gasteiger partial charge in [-0.1, -0.05) is 12.1 Å². The number of fused-ring (bicyclic) bond motifs is 2. The maximum absolute atomic E-state index is 13.4. The van der Waals surface area contributed by atoms with Gasteiger partial charge < -0.3 is 19.7 Å². The van der Waals surface area contributed by atoms with E-state index < -0.39 is 0 Å². The molecular weight excluding hydrogens is 328 g/mol. The van der Waals surface area contributed by atoms with E-state index >= 15 is 0 Å². The molecule has 5 heteroatoms. The molecule has 0 radical (unpaired) electrons. The van der Waals surface area contributed by atoms with Crippen molar-refractivity contribution in [2.75, 3.05) is 13.7 Å². The van der Waals surface area contributed by atoms with Crippen molar-refractivity contribution < 1.29 is 14.6 Å². The van der Waals surface area contributed by atoms with Crippen molar-refractivity contribution in [1.82, 2.24) is 9.88 Å². The van der Waals surface area contributed by atoms with Gasteiger partial charge in [0, 0.05) is 24.6 Å². The van der Waals surface area contributed by atoms with E-state index in [1.807, 2.05) is 11.8 Å². The van der Waals surface area contributed by atoms with Crippen LogP contribution in [0.5, 0.6) is 0 Å². The average Bonchev–Trinajstić information content (AvgIpc) is 3.17. The maximum atomic E-state index is 13.4. The number of aliphatic hydroxyl groups is 1. The number of aryl methyl sites for hydroxylation is 3. The zero-order valence-electron chi connectivity index (χ0n) is 16.1. The summed E-state index contributed by atoms with van der Waals surface area (Å²) in [6, 6.07) is 4.14. The molecule has 0 unspecified atom stereocenters. The molecule has 1 saturated carbocycles. The Bertz CT molecular complexity index is 872. The van der Waals surface area contributed by atoms with Gasteiger partial charge in [-0.05, 0) is 63.1 Å². The number of hydrogen-bond acceptors (Lipinski definition) is 3. The number of hydrogen-bond donors (Lipinski definition) is 2. The number of ether oxygens (including phenoxy) is 1. The SMILES string of the molecule is CO[C@@]12CC[C@H](O)C[C@@H]1N(C(=O)c1[nH]c3c(C)ccc(C)c3c1C)CC2. The molecule has 2 fully saturated rings. The van der Waals surface area contributed by atoms with Gasteiger partial charge in [0.15, 0.2) is 0 Å². The van der Waals surface area contributed by atoms with Crippen molar-refractivity contribution >= 4 is 16.8 Å². The topological polar surface area (TPSA) is 65.6 Å². The van der Waals surface area contributed by atoms with E-state index in [9.17, 15) is 9.90 Å². The van der Waals surface area contributed by atoms with Crippen LogP contribution in [-0.4, -0.2) is 52.3 Å². The van der Waals surface area contributed by atoms with Gasteiger partial charge in [0.05, 0.1) is 17.7 Å². The summed E-state index contributed by atoms with van der Waals surface area (Å²) in [4.78, 5) is 18.8. The van der Waals surface area contributed by atoms with Crippen LogP contribution in [0.1, 0.15) is 52.9 Å². The standard InChI is InChI=1S/C21H28N2O3/c1-12-5-6-13(2)18-17(12)14(3)19(22-18)20(25)23-10-9-21(26-4)8-7-15(24)11-16(21)23/h5-6,15-16,22,24H,7-11H2,1-4H3/t15-,16-,21+/m0/s1. The largest absolute Gasteiger partial charge is 0.393 e. The number of benzene rings is 1. The predicted octanol–water partition coefficient (Wildman–Crippen LogP) is 3.24. The number of rotatable bonds is 2. The smallest absolute Gasteiger partial charge is 0.270 e. The molecule has 1 aromatic carbocycles. The fourth-order valence-corrected chi connectivity index (χ4v) is 5.08. The number of H-pyrrole nitrogens is 1. The van der Waals surface area contributed by atoms with Crippen molar-refractivity contribution in [3.8, 4) is 0 Å². The Kier molecular flexibility index (Phi) is 4.12. The molecule has 2 aromatic rings. The molecule has 4 rings (SSSR count). The van der Waals surface area contributed by atoms with E-state index in [0.717, 1.165) is 41.3 Å². The van der Waals surface area contributed by atoms with E-state index in [0.29, 0.717) is 18.7 Å². The lowest BCUT2D eigenvalue weighted by atomic mass is 9.79. The Morgan fingerprint density at radius 3 is 2.69 bits per heavy atom. The monoisotopic (exact) mass is 356 g/mol. The Balaban J connectivity index is 1.74. The predicted molar refractivity (Wildman–Crippen MR) is 102 cm³/mol. The molecule has 0 bridgehead atoms. The number of carbonyl (C=O) groups is 1. The second kappa shape index (κ2) is 6.10. The van der Waals surface area contributed by atoms with Crippen LogP contribution in [0.3, 0.4) is 0 Å². The zero-order chi connectivity index (χ0) is 18.6. The first-order valence-corrected chi connectivity index (χ1v) is 9.50. The van der Waals surface area contributed by atoms with Crippen molar-refractivity contribution in [1.29, 1.82) is 0 Å². The first-order valence-electron chi connectivity index (χ1n) is 9.50. The van der Waals surface area contributed by atoms with Crippen LogP contribution in [0.15, 0.2) is 12.1 Å². The molecule has 140 valence electrons. The minimum atomic E-state index is -0.357. The number of nitrogens with zero attached hydrogens (tertiary/aromatic N) is 1. The summed E-state index contributed by atoms with van der Waals surface area (Å²) in [6.07, 6.45) is 2.63. The Morgan fingerprint density at radius 2 is 2.00 bits per heavy atom. The Morgan fingerprint density at radius 1 is 1.27 bits per heavy atom. The number of nitrogens with one attached hydrogen (secondary N) is 1. The summed E-state index contributed by atoms with van der Waals surface area (Å²) in [5.41, 5.74) is 4.75. The van der Waals surface area contributed by atoms with E-state index in [2.05, 4.69) is 31.0 Å². The van der Waals surface area contributed by atoms with Gasteiger partial charge in [0.2, 0.25) is 0 Å². The van der Waals surface area contributed by atoms with Gasteiger partial charge in [-0.3, -0.25) is 4.79 Å². The van der Waals surface area contributed by atoms with E-state index in [1.54, 1.807) is 7.11 Å². The fourth-order valence-electron chi connectivity index (χ4n) is 5.08. The van der Waals surface area contributed by atoms with Crippen LogP contribution in [0.2, 0.25) is 0 Å². The highest BCUT2D eigenvalue weighted by Crippen LogP contribution is 2.43. The molecule has 26 heavy (non-hydrogen) atoms. The molecule has 2 N–H and O–H groups in total. The molecule has 0 spiro atoms. The molecule has 1 aromatic heterocycles. The number of aromatic nitrogens is 1. The van der Waals surface area contributed by atoms with E-state index in [4.69, 9.17) is 4.74 Å². The third kappa shape index (κ3) is 2.41. The molecular formula is C21H28N2O3. The van der Waals surface area contributed by atoms with Crippen LogP contribution >= 0.6 is 0 Å². The van der Waals surface area contributed by atoms with Crippen LogP contribution in [-0.2, 0) is 4.74 Å².